The van der Waals surface area contributed by atoms with Gasteiger partial charge in [-0.05, 0) is 48.7 Å². The van der Waals surface area contributed by atoms with Gasteiger partial charge < -0.3 is 14.8 Å². The Morgan fingerprint density at radius 3 is 2.90 bits per heavy atom. The molecule has 2 aromatic heterocycles. The Hall–Kier alpha value is -3.45. The van der Waals surface area contributed by atoms with E-state index in [1.807, 2.05) is 25.1 Å². The first-order valence-corrected chi connectivity index (χ1v) is 9.38. The highest BCUT2D eigenvalue weighted by atomic mass is 35.5. The summed E-state index contributed by atoms with van der Waals surface area (Å²) in [4.78, 5) is 31.6. The maximum Gasteiger partial charge on any atom is 0.259 e. The van der Waals surface area contributed by atoms with Crippen molar-refractivity contribution in [3.05, 3.63) is 75.4 Å². The standard InChI is InChI=1S/C21H17ClN4O3/c1-12-5-6-17-13(9-12)10-16(21(28)24-17)20-25-19(29-26-20)8-7-18(27)23-15-4-2-3-14(22)11-15/h2-6,9-11H,7-8H2,1H3,(H,23,27)(H,24,28). The van der Waals surface area contributed by atoms with Crippen LogP contribution < -0.4 is 10.9 Å². The van der Waals surface area contributed by atoms with Crippen LogP contribution in [0.25, 0.3) is 22.3 Å². The molecule has 0 bridgehead atoms. The first-order valence-electron chi connectivity index (χ1n) is 9.00. The van der Waals surface area contributed by atoms with Crippen LogP contribution in [0.5, 0.6) is 0 Å². The molecular formula is C21H17ClN4O3. The molecule has 0 aliphatic rings. The van der Waals surface area contributed by atoms with Gasteiger partial charge >= 0.3 is 0 Å². The van der Waals surface area contributed by atoms with Crippen LogP contribution in [0.1, 0.15) is 17.9 Å². The summed E-state index contributed by atoms with van der Waals surface area (Å²) in [6.45, 7) is 1.98. The van der Waals surface area contributed by atoms with E-state index in [1.165, 1.54) is 0 Å². The number of hydrogen-bond donors (Lipinski definition) is 2. The molecule has 0 radical (unpaired) electrons. The lowest BCUT2D eigenvalue weighted by Gasteiger charge is -2.04. The molecule has 1 amide bonds. The zero-order valence-electron chi connectivity index (χ0n) is 15.5. The molecule has 2 N–H and O–H groups in total. The van der Waals surface area contributed by atoms with E-state index in [9.17, 15) is 9.59 Å². The molecule has 29 heavy (non-hydrogen) atoms. The van der Waals surface area contributed by atoms with Crippen molar-refractivity contribution in [2.24, 2.45) is 0 Å². The topological polar surface area (TPSA) is 101 Å². The third-order valence-electron chi connectivity index (χ3n) is 4.38. The lowest BCUT2D eigenvalue weighted by Crippen LogP contribution is -2.12. The number of rotatable bonds is 5. The molecule has 8 heteroatoms. The average molecular weight is 409 g/mol. The number of nitrogens with zero attached hydrogens (tertiary/aromatic N) is 2. The summed E-state index contributed by atoms with van der Waals surface area (Å²) in [6.07, 6.45) is 0.408. The number of nitrogens with one attached hydrogen (secondary N) is 2. The van der Waals surface area contributed by atoms with Crippen molar-refractivity contribution in [2.45, 2.75) is 19.8 Å². The fourth-order valence-corrected chi connectivity index (χ4v) is 3.16. The van der Waals surface area contributed by atoms with Crippen LogP contribution in [0.15, 0.2) is 57.8 Å². The van der Waals surface area contributed by atoms with Crippen LogP contribution in [-0.2, 0) is 11.2 Å². The molecule has 0 fully saturated rings. The number of hydrogen-bond acceptors (Lipinski definition) is 5. The minimum atomic E-state index is -0.299. The highest BCUT2D eigenvalue weighted by Gasteiger charge is 2.14. The summed E-state index contributed by atoms with van der Waals surface area (Å²) < 4.78 is 5.21. The van der Waals surface area contributed by atoms with Crippen LogP contribution >= 0.6 is 11.6 Å². The number of aromatic nitrogens is 3. The number of fused-ring (bicyclic) bond motifs is 1. The summed E-state index contributed by atoms with van der Waals surface area (Å²) in [5.41, 5.74) is 2.46. The normalized spacial score (nSPS) is 11.0. The van der Waals surface area contributed by atoms with E-state index in [0.29, 0.717) is 16.3 Å². The monoisotopic (exact) mass is 408 g/mol. The lowest BCUT2D eigenvalue weighted by atomic mass is 10.1. The molecule has 2 heterocycles. The first kappa shape index (κ1) is 18.9. The number of anilines is 1. The molecule has 0 spiro atoms. The zero-order valence-corrected chi connectivity index (χ0v) is 16.3. The van der Waals surface area contributed by atoms with E-state index in [4.69, 9.17) is 16.1 Å². The molecule has 4 rings (SSSR count). The average Bonchev–Trinajstić information content (AvgIpc) is 3.15. The molecule has 2 aromatic carbocycles. The van der Waals surface area contributed by atoms with Gasteiger partial charge in [0.1, 0.15) is 0 Å². The molecule has 0 aliphatic heterocycles. The summed E-state index contributed by atoms with van der Waals surface area (Å²) in [6, 6.07) is 14.4. The minimum absolute atomic E-state index is 0.154. The quantitative estimate of drug-likeness (QED) is 0.517. The third-order valence-corrected chi connectivity index (χ3v) is 4.62. The maximum atomic E-state index is 12.4. The predicted molar refractivity (Wildman–Crippen MR) is 111 cm³/mol. The number of pyridine rings is 1. The fourth-order valence-electron chi connectivity index (χ4n) is 2.97. The van der Waals surface area contributed by atoms with Gasteiger partial charge in [-0.2, -0.15) is 4.98 Å². The second kappa shape index (κ2) is 7.89. The number of amides is 1. The van der Waals surface area contributed by atoms with E-state index in [0.717, 1.165) is 16.5 Å². The number of carbonyl (C=O) groups excluding carboxylic acids is 1. The Labute approximate surface area is 170 Å². The Balaban J connectivity index is 1.47. The summed E-state index contributed by atoms with van der Waals surface area (Å²) >= 11 is 5.91. The Morgan fingerprint density at radius 1 is 1.21 bits per heavy atom. The Kier molecular flexibility index (Phi) is 5.14. The van der Waals surface area contributed by atoms with E-state index in [-0.39, 0.29) is 36.0 Å². The van der Waals surface area contributed by atoms with E-state index in [2.05, 4.69) is 20.4 Å². The van der Waals surface area contributed by atoms with Gasteiger partial charge in [-0.1, -0.05) is 34.5 Å². The van der Waals surface area contributed by atoms with Crippen molar-refractivity contribution in [2.75, 3.05) is 5.32 Å². The number of aryl methyl sites for hydroxylation is 2. The van der Waals surface area contributed by atoms with E-state index < -0.39 is 0 Å². The molecule has 0 saturated carbocycles. The van der Waals surface area contributed by atoms with Gasteiger partial charge in [0, 0.05) is 29.1 Å². The Morgan fingerprint density at radius 2 is 2.07 bits per heavy atom. The molecule has 7 nitrogen and oxygen atoms in total. The summed E-state index contributed by atoms with van der Waals surface area (Å²) in [7, 11) is 0. The van der Waals surface area contributed by atoms with Crippen molar-refractivity contribution in [1.82, 2.24) is 15.1 Å². The van der Waals surface area contributed by atoms with Crippen molar-refractivity contribution in [3.8, 4) is 11.4 Å². The summed E-state index contributed by atoms with van der Waals surface area (Å²) in [5.74, 6) is 0.274. The first-order chi connectivity index (χ1) is 14.0. The molecule has 0 unspecified atom stereocenters. The molecular weight excluding hydrogens is 392 g/mol. The van der Waals surface area contributed by atoms with Gasteiger partial charge in [0.05, 0.1) is 5.56 Å². The zero-order chi connectivity index (χ0) is 20.4. The van der Waals surface area contributed by atoms with Crippen LogP contribution in [0.3, 0.4) is 0 Å². The highest BCUT2D eigenvalue weighted by molar-refractivity contribution is 6.30. The van der Waals surface area contributed by atoms with Crippen LogP contribution in [0, 0.1) is 6.92 Å². The second-order valence-electron chi connectivity index (χ2n) is 6.67. The third kappa shape index (κ3) is 4.35. The molecule has 0 aliphatic carbocycles. The van der Waals surface area contributed by atoms with Crippen molar-refractivity contribution in [3.63, 3.8) is 0 Å². The van der Waals surface area contributed by atoms with Gasteiger partial charge in [0.25, 0.3) is 5.56 Å². The number of aromatic amines is 1. The SMILES string of the molecule is Cc1ccc2[nH]c(=O)c(-c3noc(CCC(=O)Nc4cccc(Cl)c4)n3)cc2c1. The van der Waals surface area contributed by atoms with Crippen LogP contribution in [0.2, 0.25) is 5.02 Å². The van der Waals surface area contributed by atoms with Crippen molar-refractivity contribution in [1.29, 1.82) is 0 Å². The fraction of sp³-hybridized carbons (Fsp3) is 0.143. The predicted octanol–water partition coefficient (Wildman–Crippen LogP) is 4.11. The number of benzene rings is 2. The van der Waals surface area contributed by atoms with Gasteiger partial charge in [-0.25, -0.2) is 0 Å². The second-order valence-corrected chi connectivity index (χ2v) is 7.11. The van der Waals surface area contributed by atoms with Crippen LogP contribution in [0.4, 0.5) is 5.69 Å². The highest BCUT2D eigenvalue weighted by Crippen LogP contribution is 2.19. The Bertz CT molecular complexity index is 1260. The molecule has 0 atom stereocenters. The van der Waals surface area contributed by atoms with Gasteiger partial charge in [-0.15, -0.1) is 0 Å². The lowest BCUT2D eigenvalue weighted by molar-refractivity contribution is -0.116. The largest absolute Gasteiger partial charge is 0.339 e. The minimum Gasteiger partial charge on any atom is -0.339 e. The van der Waals surface area contributed by atoms with E-state index in [1.54, 1.807) is 30.3 Å². The van der Waals surface area contributed by atoms with E-state index >= 15 is 0 Å². The number of H-pyrrole nitrogens is 1. The van der Waals surface area contributed by atoms with Crippen molar-refractivity contribution < 1.29 is 9.32 Å². The molecule has 146 valence electrons. The van der Waals surface area contributed by atoms with Crippen LogP contribution in [-0.4, -0.2) is 21.0 Å². The van der Waals surface area contributed by atoms with Gasteiger partial charge in [0.15, 0.2) is 0 Å². The van der Waals surface area contributed by atoms with Gasteiger partial charge in [-0.3, -0.25) is 9.59 Å². The molecule has 0 saturated heterocycles. The molecule has 4 aromatic rings. The van der Waals surface area contributed by atoms with Crippen molar-refractivity contribution >= 4 is 34.1 Å². The maximum absolute atomic E-state index is 12.4. The summed E-state index contributed by atoms with van der Waals surface area (Å²) in [5, 5.41) is 8.08. The smallest absolute Gasteiger partial charge is 0.259 e. The number of carbonyl (C=O) groups is 1. The number of halogens is 1. The van der Waals surface area contributed by atoms with Gasteiger partial charge in [0.2, 0.25) is 17.6 Å².